The minimum atomic E-state index is -0.752. The Morgan fingerprint density at radius 2 is 1.97 bits per heavy atom. The van der Waals surface area contributed by atoms with E-state index < -0.39 is 18.0 Å². The molecule has 0 saturated heterocycles. The molecule has 3 N–H and O–H groups in total. The number of fused-ring (bicyclic) bond motifs is 2. The van der Waals surface area contributed by atoms with Gasteiger partial charge in [0.25, 0.3) is 0 Å². The minimum absolute atomic E-state index is 0.233. The van der Waals surface area contributed by atoms with Crippen LogP contribution < -0.4 is 10.6 Å². The number of nitrogens with zero attached hydrogens (tertiary/aromatic N) is 3. The lowest BCUT2D eigenvalue weighted by Crippen LogP contribution is -2.45. The Bertz CT molecular complexity index is 1380. The Labute approximate surface area is 181 Å². The van der Waals surface area contributed by atoms with Crippen LogP contribution in [0.4, 0.5) is 10.5 Å². The summed E-state index contributed by atoms with van der Waals surface area (Å²) in [6.07, 6.45) is 1.68. The summed E-state index contributed by atoms with van der Waals surface area (Å²) in [7, 11) is 0. The lowest BCUT2D eigenvalue weighted by atomic mass is 9.87. The van der Waals surface area contributed by atoms with Crippen LogP contribution in [0.1, 0.15) is 18.5 Å². The van der Waals surface area contributed by atoms with Crippen LogP contribution in [0.25, 0.3) is 21.8 Å². The number of aromatic amines is 1. The summed E-state index contributed by atoms with van der Waals surface area (Å²) >= 11 is 6.47. The van der Waals surface area contributed by atoms with Crippen molar-refractivity contribution >= 4 is 56.7 Å². The first-order valence-electron chi connectivity index (χ1n) is 9.64. The van der Waals surface area contributed by atoms with Crippen molar-refractivity contribution in [2.24, 2.45) is 10.9 Å². The number of amides is 3. The summed E-state index contributed by atoms with van der Waals surface area (Å²) in [5, 5.41) is 14.5. The summed E-state index contributed by atoms with van der Waals surface area (Å²) in [5.74, 6) is -1.06. The molecule has 2 aromatic carbocycles. The van der Waals surface area contributed by atoms with Crippen LogP contribution in [0.5, 0.6) is 0 Å². The third-order valence-electron chi connectivity index (χ3n) is 5.37. The van der Waals surface area contributed by atoms with E-state index in [1.807, 2.05) is 42.5 Å². The van der Waals surface area contributed by atoms with Gasteiger partial charge in [-0.25, -0.2) is 14.8 Å². The van der Waals surface area contributed by atoms with Gasteiger partial charge in [0.2, 0.25) is 5.91 Å². The van der Waals surface area contributed by atoms with E-state index in [0.717, 1.165) is 21.8 Å². The molecule has 2 aromatic heterocycles. The third-order valence-corrected chi connectivity index (χ3v) is 5.67. The molecular formula is C22H17ClN6O2. The zero-order valence-electron chi connectivity index (χ0n) is 16.4. The van der Waals surface area contributed by atoms with E-state index in [1.54, 1.807) is 19.2 Å². The number of hydrogen-bond donors (Lipinski definition) is 3. The second-order valence-corrected chi connectivity index (χ2v) is 7.74. The molecule has 31 heavy (non-hydrogen) atoms. The number of carbonyl (C=O) groups excluding carboxylic acids is 2. The lowest BCUT2D eigenvalue weighted by molar-refractivity contribution is -0.118. The van der Waals surface area contributed by atoms with E-state index >= 15 is 0 Å². The molecule has 2 unspecified atom stereocenters. The van der Waals surface area contributed by atoms with Crippen molar-refractivity contribution < 1.29 is 9.59 Å². The summed E-state index contributed by atoms with van der Waals surface area (Å²) in [5.41, 5.74) is 3.18. The number of aromatic nitrogens is 3. The first-order valence-corrected chi connectivity index (χ1v) is 10.0. The maximum Gasteiger partial charge on any atom is 0.341 e. The fourth-order valence-electron chi connectivity index (χ4n) is 3.89. The van der Waals surface area contributed by atoms with Crippen molar-refractivity contribution in [1.82, 2.24) is 20.5 Å². The van der Waals surface area contributed by atoms with E-state index in [4.69, 9.17) is 11.6 Å². The average Bonchev–Trinajstić information content (AvgIpc) is 3.20. The first-order chi connectivity index (χ1) is 15.0. The number of benzene rings is 2. The molecule has 9 heteroatoms. The van der Waals surface area contributed by atoms with E-state index in [0.29, 0.717) is 17.0 Å². The molecule has 0 radical (unpaired) electrons. The lowest BCUT2D eigenvalue weighted by Gasteiger charge is -2.30. The van der Waals surface area contributed by atoms with Crippen molar-refractivity contribution in [2.45, 2.75) is 13.0 Å². The van der Waals surface area contributed by atoms with Gasteiger partial charge in [0.1, 0.15) is 11.1 Å². The summed E-state index contributed by atoms with van der Waals surface area (Å²) in [6.45, 7) is 1.66. The molecule has 0 aliphatic carbocycles. The van der Waals surface area contributed by atoms with E-state index in [9.17, 15) is 9.59 Å². The minimum Gasteiger partial charge on any atom is -0.328 e. The molecule has 0 fully saturated rings. The fraction of sp³-hybridized carbons (Fsp3) is 0.136. The quantitative estimate of drug-likeness (QED) is 0.420. The Kier molecular flexibility index (Phi) is 4.63. The molecule has 0 spiro atoms. The highest BCUT2D eigenvalue weighted by atomic mass is 35.5. The zero-order valence-corrected chi connectivity index (χ0v) is 17.1. The number of hydrogen-bond acceptors (Lipinski definition) is 4. The van der Waals surface area contributed by atoms with Gasteiger partial charge in [-0.15, -0.1) is 0 Å². The van der Waals surface area contributed by atoms with Gasteiger partial charge in [-0.2, -0.15) is 5.10 Å². The monoisotopic (exact) mass is 432 g/mol. The molecule has 8 nitrogen and oxygen atoms in total. The predicted molar refractivity (Wildman–Crippen MR) is 119 cm³/mol. The van der Waals surface area contributed by atoms with Gasteiger partial charge in [-0.1, -0.05) is 29.8 Å². The average molecular weight is 433 g/mol. The van der Waals surface area contributed by atoms with Crippen LogP contribution in [0.3, 0.4) is 0 Å². The van der Waals surface area contributed by atoms with E-state index in [1.165, 1.54) is 0 Å². The number of aliphatic imine (C=N–C) groups is 1. The van der Waals surface area contributed by atoms with Crippen LogP contribution in [0.15, 0.2) is 59.7 Å². The van der Waals surface area contributed by atoms with Crippen LogP contribution >= 0.6 is 11.6 Å². The second kappa shape index (κ2) is 7.48. The smallest absolute Gasteiger partial charge is 0.328 e. The van der Waals surface area contributed by atoms with E-state index in [-0.39, 0.29) is 11.1 Å². The molecule has 3 amide bonds. The van der Waals surface area contributed by atoms with Crippen LogP contribution in [-0.2, 0) is 4.79 Å². The number of halogens is 1. The zero-order chi connectivity index (χ0) is 21.5. The Morgan fingerprint density at radius 1 is 1.13 bits per heavy atom. The van der Waals surface area contributed by atoms with Crippen molar-refractivity contribution in [1.29, 1.82) is 0 Å². The summed E-state index contributed by atoms with van der Waals surface area (Å²) in [6, 6.07) is 13.6. The summed E-state index contributed by atoms with van der Waals surface area (Å²) in [4.78, 5) is 33.9. The van der Waals surface area contributed by atoms with E-state index in [2.05, 4.69) is 30.8 Å². The van der Waals surface area contributed by atoms with Crippen LogP contribution in [0.2, 0.25) is 5.15 Å². The molecular weight excluding hydrogens is 416 g/mol. The summed E-state index contributed by atoms with van der Waals surface area (Å²) < 4.78 is 0. The topological polar surface area (TPSA) is 112 Å². The number of anilines is 1. The van der Waals surface area contributed by atoms with Gasteiger partial charge >= 0.3 is 6.03 Å². The molecule has 154 valence electrons. The molecule has 0 saturated carbocycles. The Morgan fingerprint density at radius 3 is 2.84 bits per heavy atom. The standard InChI is InChI=1S/C22H17ClN6O2/c1-11-18(21(30)26-14-6-7-17-13(8-14)10-24-29-17)19(28-22(31)25-11)15-9-12-4-2-3-5-16(12)27-20(15)23/h2-10,18-19H,1H3,(H,24,29)(H,26,30)(H,28,31). The molecule has 0 bridgehead atoms. The molecule has 3 heterocycles. The van der Waals surface area contributed by atoms with Crippen molar-refractivity contribution in [3.8, 4) is 0 Å². The SMILES string of the molecule is CC1=NC(=O)NC(c2cc3ccccc3nc2Cl)C1C(=O)Nc1ccc2[nH]ncc2c1. The number of urea groups is 1. The van der Waals surface area contributed by atoms with Crippen molar-refractivity contribution in [3.05, 3.63) is 65.4 Å². The Hall–Kier alpha value is -3.78. The Balaban J connectivity index is 1.53. The highest BCUT2D eigenvalue weighted by Gasteiger charge is 2.38. The number of nitrogens with one attached hydrogen (secondary N) is 3. The largest absolute Gasteiger partial charge is 0.341 e. The van der Waals surface area contributed by atoms with Gasteiger partial charge < -0.3 is 10.6 Å². The third kappa shape index (κ3) is 3.51. The molecule has 1 aliphatic heterocycles. The van der Waals surface area contributed by atoms with Crippen LogP contribution in [-0.4, -0.2) is 32.8 Å². The number of para-hydroxylation sites is 1. The number of pyridine rings is 1. The first kappa shape index (κ1) is 19.2. The molecule has 1 aliphatic rings. The van der Waals surface area contributed by atoms with Gasteiger partial charge in [0, 0.05) is 27.7 Å². The number of H-pyrrole nitrogens is 1. The maximum absolute atomic E-state index is 13.3. The van der Waals surface area contributed by atoms with Gasteiger partial charge in [-0.3, -0.25) is 9.89 Å². The normalized spacial score (nSPS) is 18.6. The van der Waals surface area contributed by atoms with Crippen LogP contribution in [0, 0.1) is 5.92 Å². The molecule has 5 rings (SSSR count). The number of carbonyl (C=O) groups is 2. The van der Waals surface area contributed by atoms with Gasteiger partial charge in [0.05, 0.1) is 23.3 Å². The highest BCUT2D eigenvalue weighted by molar-refractivity contribution is 6.31. The van der Waals surface area contributed by atoms with Crippen molar-refractivity contribution in [2.75, 3.05) is 5.32 Å². The van der Waals surface area contributed by atoms with Gasteiger partial charge in [0.15, 0.2) is 0 Å². The number of rotatable bonds is 3. The molecule has 4 aromatic rings. The molecule has 2 atom stereocenters. The predicted octanol–water partition coefficient (Wildman–Crippen LogP) is 4.24. The maximum atomic E-state index is 13.3. The van der Waals surface area contributed by atoms with Crippen molar-refractivity contribution in [3.63, 3.8) is 0 Å². The van der Waals surface area contributed by atoms with Gasteiger partial charge in [-0.05, 0) is 37.3 Å². The fourth-order valence-corrected chi connectivity index (χ4v) is 4.15. The highest BCUT2D eigenvalue weighted by Crippen LogP contribution is 2.34. The second-order valence-electron chi connectivity index (χ2n) is 7.38.